The van der Waals surface area contributed by atoms with Gasteiger partial charge in [-0.25, -0.2) is 14.1 Å². The molecule has 2 unspecified atom stereocenters. The van der Waals surface area contributed by atoms with E-state index >= 15 is 0 Å². The maximum atomic E-state index is 14.5. The van der Waals surface area contributed by atoms with Gasteiger partial charge in [-0.3, -0.25) is 4.21 Å². The van der Waals surface area contributed by atoms with Crippen LogP contribution in [0.4, 0.5) is 17.6 Å². The van der Waals surface area contributed by atoms with Crippen LogP contribution in [0.5, 0.6) is 0 Å². The number of nitrogens with zero attached hydrogens (tertiary/aromatic N) is 4. The molecular formula is C23H24F4N4OS. The first-order chi connectivity index (χ1) is 15.3. The Labute approximate surface area is 190 Å². The number of aromatic nitrogens is 4. The van der Waals surface area contributed by atoms with Crippen LogP contribution in [0, 0.1) is 27.7 Å². The lowest BCUT2D eigenvalue weighted by atomic mass is 9.96. The molecule has 0 fully saturated rings. The number of imidazole rings is 1. The number of hydrogen-bond donors (Lipinski definition) is 0. The molecule has 4 aromatic rings. The van der Waals surface area contributed by atoms with E-state index in [1.807, 2.05) is 27.7 Å². The smallest absolute Gasteiger partial charge is 0.305 e. The highest BCUT2D eigenvalue weighted by atomic mass is 32.2. The number of halogens is 4. The summed E-state index contributed by atoms with van der Waals surface area (Å²) in [5, 5.41) is 6.00. The molecule has 0 bridgehead atoms. The summed E-state index contributed by atoms with van der Waals surface area (Å²) in [5.41, 5.74) is 0.893. The molecule has 5 nitrogen and oxygen atoms in total. The summed E-state index contributed by atoms with van der Waals surface area (Å²) in [7, 11) is -1.39. The average molecular weight is 481 g/mol. The van der Waals surface area contributed by atoms with Gasteiger partial charge in [0.1, 0.15) is 10.7 Å². The van der Waals surface area contributed by atoms with Gasteiger partial charge in [0.05, 0.1) is 22.5 Å². The van der Waals surface area contributed by atoms with Crippen LogP contribution in [0.3, 0.4) is 0 Å². The fraction of sp³-hybridized carbons (Fsp3) is 0.391. The number of aryl methyl sites for hydroxylation is 2. The summed E-state index contributed by atoms with van der Waals surface area (Å²) in [5.74, 6) is 0.650. The van der Waals surface area contributed by atoms with E-state index in [4.69, 9.17) is 5.10 Å². The van der Waals surface area contributed by atoms with Crippen LogP contribution < -0.4 is 0 Å². The minimum atomic E-state index is -5.06. The summed E-state index contributed by atoms with van der Waals surface area (Å²) in [6.45, 7) is 10.2. The van der Waals surface area contributed by atoms with Crippen LogP contribution in [0.1, 0.15) is 41.7 Å². The Kier molecular flexibility index (Phi) is 5.42. The van der Waals surface area contributed by atoms with E-state index in [0.717, 1.165) is 39.8 Å². The molecule has 3 aromatic heterocycles. The van der Waals surface area contributed by atoms with Crippen molar-refractivity contribution >= 4 is 27.3 Å². The highest BCUT2D eigenvalue weighted by molar-refractivity contribution is 7.85. The zero-order valence-electron chi connectivity index (χ0n) is 19.1. The van der Waals surface area contributed by atoms with Crippen molar-refractivity contribution in [1.82, 2.24) is 19.2 Å². The van der Waals surface area contributed by atoms with Gasteiger partial charge in [0, 0.05) is 22.9 Å². The van der Waals surface area contributed by atoms with Crippen LogP contribution in [0.2, 0.25) is 0 Å². The third-order valence-corrected chi connectivity index (χ3v) is 7.81. The molecule has 0 aliphatic rings. The minimum absolute atomic E-state index is 0.129. The van der Waals surface area contributed by atoms with Crippen molar-refractivity contribution < 1.29 is 21.8 Å². The quantitative estimate of drug-likeness (QED) is 0.348. The van der Waals surface area contributed by atoms with Gasteiger partial charge in [-0.1, -0.05) is 6.92 Å². The Bertz CT molecular complexity index is 1430. The molecule has 0 spiro atoms. The van der Waals surface area contributed by atoms with Crippen molar-refractivity contribution in [3.8, 4) is 5.82 Å². The van der Waals surface area contributed by atoms with Gasteiger partial charge in [-0.2, -0.15) is 18.3 Å². The van der Waals surface area contributed by atoms with Crippen LogP contribution in [-0.4, -0.2) is 35.3 Å². The number of pyridine rings is 1. The number of benzene rings is 1. The zero-order valence-corrected chi connectivity index (χ0v) is 20.0. The summed E-state index contributed by atoms with van der Waals surface area (Å²) < 4.78 is 70.1. The molecule has 0 N–H and O–H groups in total. The fourth-order valence-electron chi connectivity index (χ4n) is 3.96. The highest BCUT2D eigenvalue weighted by Crippen LogP contribution is 2.42. The molecule has 2 atom stereocenters. The van der Waals surface area contributed by atoms with Gasteiger partial charge in [-0.15, -0.1) is 0 Å². The molecular weight excluding hydrogens is 456 g/mol. The Balaban J connectivity index is 1.99. The summed E-state index contributed by atoms with van der Waals surface area (Å²) in [4.78, 5) is 4.41. The molecule has 0 saturated carbocycles. The third kappa shape index (κ3) is 3.46. The lowest BCUT2D eigenvalue weighted by molar-refractivity contribution is -0.228. The van der Waals surface area contributed by atoms with Gasteiger partial charge < -0.3 is 4.40 Å². The molecule has 3 heterocycles. The van der Waals surface area contributed by atoms with E-state index in [9.17, 15) is 21.8 Å². The lowest BCUT2D eigenvalue weighted by Gasteiger charge is -2.23. The topological polar surface area (TPSA) is 52.2 Å². The molecule has 0 aliphatic heterocycles. The molecule has 1 aromatic carbocycles. The standard InChI is InChI=1S/C23H24F4N4OS/c1-7-33(32)21-19-14(4)12(2)13(3)15(5)20(19)29-31(21)18-11-30-9-8-16(10-17(30)28-18)22(6,24)23(25,26)27/h8-11H,7H2,1-6H3. The number of fused-ring (bicyclic) bond motifs is 2. The molecule has 0 saturated heterocycles. The average Bonchev–Trinajstić information content (AvgIpc) is 3.36. The maximum absolute atomic E-state index is 14.5. The maximum Gasteiger partial charge on any atom is 0.426 e. The van der Waals surface area contributed by atoms with E-state index in [-0.39, 0.29) is 5.65 Å². The van der Waals surface area contributed by atoms with Crippen molar-refractivity contribution in [3.05, 3.63) is 52.3 Å². The Morgan fingerprint density at radius 2 is 1.67 bits per heavy atom. The minimum Gasteiger partial charge on any atom is -0.305 e. The van der Waals surface area contributed by atoms with Crippen molar-refractivity contribution in [1.29, 1.82) is 0 Å². The Morgan fingerprint density at radius 1 is 1.03 bits per heavy atom. The molecule has 0 aliphatic carbocycles. The number of hydrogen-bond acceptors (Lipinski definition) is 3. The first-order valence-corrected chi connectivity index (χ1v) is 11.7. The second kappa shape index (κ2) is 7.65. The molecule has 10 heteroatoms. The first kappa shape index (κ1) is 23.4. The van der Waals surface area contributed by atoms with Crippen LogP contribution >= 0.6 is 0 Å². The molecule has 33 heavy (non-hydrogen) atoms. The van der Waals surface area contributed by atoms with Crippen molar-refractivity contribution in [2.24, 2.45) is 0 Å². The van der Waals surface area contributed by atoms with Crippen LogP contribution in [0.15, 0.2) is 29.6 Å². The third-order valence-electron chi connectivity index (χ3n) is 6.48. The van der Waals surface area contributed by atoms with Gasteiger partial charge in [0.15, 0.2) is 5.82 Å². The molecule has 4 rings (SSSR count). The lowest BCUT2D eigenvalue weighted by Crippen LogP contribution is -2.35. The second-order valence-electron chi connectivity index (χ2n) is 8.36. The fourth-order valence-corrected chi connectivity index (χ4v) is 5.04. The zero-order chi connectivity index (χ0) is 24.5. The summed E-state index contributed by atoms with van der Waals surface area (Å²) in [6.07, 6.45) is -2.15. The largest absolute Gasteiger partial charge is 0.426 e. The molecule has 0 radical (unpaired) electrons. The van der Waals surface area contributed by atoms with E-state index in [1.165, 1.54) is 15.3 Å². The van der Waals surface area contributed by atoms with E-state index in [0.29, 0.717) is 29.0 Å². The predicted octanol–water partition coefficient (Wildman–Crippen LogP) is 5.78. The Hall–Kier alpha value is -2.75. The molecule has 176 valence electrons. The van der Waals surface area contributed by atoms with Crippen LogP contribution in [0.25, 0.3) is 22.4 Å². The molecule has 0 amide bonds. The summed E-state index contributed by atoms with van der Waals surface area (Å²) in [6, 6.07) is 2.15. The highest BCUT2D eigenvalue weighted by Gasteiger charge is 2.53. The number of alkyl halides is 4. The Morgan fingerprint density at radius 3 is 2.27 bits per heavy atom. The second-order valence-corrected chi connectivity index (χ2v) is 10.0. The van der Waals surface area contributed by atoms with Gasteiger partial charge in [0.25, 0.3) is 0 Å². The van der Waals surface area contributed by atoms with Gasteiger partial charge >= 0.3 is 6.18 Å². The van der Waals surface area contributed by atoms with Crippen LogP contribution in [-0.2, 0) is 16.5 Å². The predicted molar refractivity (Wildman–Crippen MR) is 120 cm³/mol. The van der Waals surface area contributed by atoms with Crippen molar-refractivity contribution in [3.63, 3.8) is 0 Å². The van der Waals surface area contributed by atoms with Crippen molar-refractivity contribution in [2.75, 3.05) is 5.75 Å². The normalized spacial score (nSPS) is 15.3. The van der Waals surface area contributed by atoms with Gasteiger partial charge in [-0.05, 0) is 69.0 Å². The van der Waals surface area contributed by atoms with Gasteiger partial charge in [0.2, 0.25) is 5.67 Å². The van der Waals surface area contributed by atoms with E-state index in [2.05, 4.69) is 4.98 Å². The monoisotopic (exact) mass is 480 g/mol. The van der Waals surface area contributed by atoms with E-state index < -0.39 is 28.2 Å². The van der Waals surface area contributed by atoms with Crippen molar-refractivity contribution in [2.45, 2.75) is 58.4 Å². The summed E-state index contributed by atoms with van der Waals surface area (Å²) >= 11 is 0. The van der Waals surface area contributed by atoms with E-state index in [1.54, 1.807) is 13.1 Å². The first-order valence-electron chi connectivity index (χ1n) is 10.4. The SMILES string of the molecule is CCS(=O)c1c2c(C)c(C)c(C)c(C)c2nn1-c1cn2ccc(C(C)(F)C(F)(F)F)cc2n1. The number of rotatable bonds is 4.